The highest BCUT2D eigenvalue weighted by molar-refractivity contribution is 5.80. The number of nitrogens with zero attached hydrogens (tertiary/aromatic N) is 1. The summed E-state index contributed by atoms with van der Waals surface area (Å²) in [6.07, 6.45) is -9.10. The van der Waals surface area contributed by atoms with Crippen molar-refractivity contribution in [1.82, 2.24) is 10.2 Å². The molecule has 0 aromatic carbocycles. The molecule has 2 amide bonds. The van der Waals surface area contributed by atoms with Gasteiger partial charge < -0.3 is 15.3 Å². The second-order valence-electron chi connectivity index (χ2n) is 3.59. The lowest BCUT2D eigenvalue weighted by Crippen LogP contribution is -2.50. The van der Waals surface area contributed by atoms with Gasteiger partial charge in [-0.1, -0.05) is 0 Å². The highest BCUT2D eigenvalue weighted by atomic mass is 19.4. The molecule has 0 spiro atoms. The van der Waals surface area contributed by atoms with Gasteiger partial charge in [-0.3, -0.25) is 4.79 Å². The van der Waals surface area contributed by atoms with Gasteiger partial charge in [0.05, 0.1) is 6.54 Å². The normalized spacial score (nSPS) is 12.4. The van der Waals surface area contributed by atoms with Gasteiger partial charge in [-0.25, -0.2) is 13.6 Å². The molecule has 0 bridgehead atoms. The average molecular weight is 314 g/mol. The van der Waals surface area contributed by atoms with Crippen LogP contribution in [-0.4, -0.2) is 60.2 Å². The highest BCUT2D eigenvalue weighted by Gasteiger charge is 2.42. The number of hydrogen-bond donors (Lipinski definition) is 2. The van der Waals surface area contributed by atoms with E-state index in [1.54, 1.807) is 0 Å². The quantitative estimate of drug-likeness (QED) is 0.731. The summed E-state index contributed by atoms with van der Waals surface area (Å²) in [5.74, 6) is -6.46. The Morgan fingerprint density at radius 2 is 1.65 bits per heavy atom. The molecule has 0 unspecified atom stereocenters. The monoisotopic (exact) mass is 314 g/mol. The van der Waals surface area contributed by atoms with Crippen molar-refractivity contribution in [2.45, 2.75) is 18.5 Å². The third-order valence-corrected chi connectivity index (χ3v) is 1.78. The van der Waals surface area contributed by atoms with Gasteiger partial charge in [0.25, 0.3) is 0 Å². The maximum Gasteiger partial charge on any atom is 0.406 e. The van der Waals surface area contributed by atoms with Crippen LogP contribution in [0.25, 0.3) is 0 Å². The van der Waals surface area contributed by atoms with Crippen LogP contribution in [0.3, 0.4) is 0 Å². The molecule has 118 valence electrons. The lowest BCUT2D eigenvalue weighted by atomic mass is 10.3. The number of carbonyl (C=O) groups excluding carboxylic acids is 1. The number of rotatable bonds is 6. The van der Waals surface area contributed by atoms with Gasteiger partial charge in [-0.15, -0.1) is 0 Å². The van der Waals surface area contributed by atoms with E-state index in [1.165, 1.54) is 0 Å². The van der Waals surface area contributed by atoms with Gasteiger partial charge in [0, 0.05) is 0 Å². The molecule has 0 aliphatic rings. The van der Waals surface area contributed by atoms with E-state index in [2.05, 4.69) is 0 Å². The van der Waals surface area contributed by atoms with Gasteiger partial charge in [-0.05, 0) is 0 Å². The molecule has 0 heterocycles. The van der Waals surface area contributed by atoms with Crippen molar-refractivity contribution >= 4 is 12.0 Å². The largest absolute Gasteiger partial charge is 0.480 e. The third-order valence-electron chi connectivity index (χ3n) is 1.78. The number of aliphatic carboxylic acids is 1. The van der Waals surface area contributed by atoms with Crippen LogP contribution < -0.4 is 5.32 Å². The molecule has 0 saturated carbocycles. The van der Waals surface area contributed by atoms with Gasteiger partial charge in [-0.2, -0.15) is 22.0 Å². The summed E-state index contributed by atoms with van der Waals surface area (Å²) in [7, 11) is 0. The Bertz CT molecular complexity index is 358. The first-order valence-electron chi connectivity index (χ1n) is 4.82. The summed E-state index contributed by atoms with van der Waals surface area (Å²) in [5.41, 5.74) is 0. The smallest absolute Gasteiger partial charge is 0.406 e. The van der Waals surface area contributed by atoms with E-state index < -0.39 is 50.2 Å². The summed E-state index contributed by atoms with van der Waals surface area (Å²) in [6.45, 7) is -5.37. The summed E-state index contributed by atoms with van der Waals surface area (Å²) in [5, 5.41) is 9.41. The number of nitrogens with one attached hydrogen (secondary N) is 1. The molecule has 0 aliphatic heterocycles. The zero-order valence-electron chi connectivity index (χ0n) is 9.56. The Hall–Kier alpha value is -1.75. The molecule has 0 saturated heterocycles. The predicted molar refractivity (Wildman–Crippen MR) is 49.6 cm³/mol. The molecule has 0 rings (SSSR count). The van der Waals surface area contributed by atoms with E-state index in [0.29, 0.717) is 0 Å². The van der Waals surface area contributed by atoms with Gasteiger partial charge >= 0.3 is 30.5 Å². The van der Waals surface area contributed by atoms with E-state index in [4.69, 9.17) is 5.11 Å². The molecule has 12 heteroatoms. The maximum atomic E-state index is 12.4. The van der Waals surface area contributed by atoms with Gasteiger partial charge in [0.1, 0.15) is 13.1 Å². The Morgan fingerprint density at radius 3 is 2.00 bits per heavy atom. The number of carbonyl (C=O) groups is 2. The summed E-state index contributed by atoms with van der Waals surface area (Å²) in [6, 6.07) is -1.84. The zero-order chi connectivity index (χ0) is 16.1. The second-order valence-corrected chi connectivity index (χ2v) is 3.59. The molecule has 0 radical (unpaired) electrons. The Morgan fingerprint density at radius 1 is 1.15 bits per heavy atom. The highest BCUT2D eigenvalue weighted by Crippen LogP contribution is 2.22. The lowest BCUT2D eigenvalue weighted by molar-refractivity contribution is -0.149. The molecule has 0 aromatic rings. The average Bonchev–Trinajstić information content (AvgIpc) is 2.22. The molecule has 5 nitrogen and oxygen atoms in total. The van der Waals surface area contributed by atoms with Crippen molar-refractivity contribution in [3.8, 4) is 0 Å². The molecule has 0 aromatic heterocycles. The van der Waals surface area contributed by atoms with E-state index in [9.17, 15) is 40.3 Å². The predicted octanol–water partition coefficient (Wildman–Crippen LogP) is 1.55. The summed E-state index contributed by atoms with van der Waals surface area (Å²) in [4.78, 5) is 21.0. The van der Waals surface area contributed by atoms with Crippen molar-refractivity contribution in [3.63, 3.8) is 0 Å². The van der Waals surface area contributed by atoms with E-state index >= 15 is 0 Å². The Balaban J connectivity index is 4.68. The zero-order valence-corrected chi connectivity index (χ0v) is 9.56. The van der Waals surface area contributed by atoms with Crippen molar-refractivity contribution in [1.29, 1.82) is 0 Å². The fourth-order valence-electron chi connectivity index (χ4n) is 0.962. The van der Waals surface area contributed by atoms with E-state index in [1.807, 2.05) is 0 Å². The van der Waals surface area contributed by atoms with Crippen LogP contribution >= 0.6 is 0 Å². The number of carboxylic acid groups (broad SMARTS) is 1. The van der Waals surface area contributed by atoms with Gasteiger partial charge in [0.2, 0.25) is 0 Å². The fourth-order valence-corrected chi connectivity index (χ4v) is 0.962. The molecular weight excluding hydrogens is 305 g/mol. The van der Waals surface area contributed by atoms with Crippen molar-refractivity contribution < 1.29 is 45.4 Å². The topological polar surface area (TPSA) is 69.6 Å². The van der Waals surface area contributed by atoms with Crippen molar-refractivity contribution in [2.24, 2.45) is 0 Å². The third kappa shape index (κ3) is 6.99. The second kappa shape index (κ2) is 6.61. The molecule has 0 atom stereocenters. The number of halogens is 7. The number of hydrogen-bond acceptors (Lipinski definition) is 2. The van der Waals surface area contributed by atoms with Gasteiger partial charge in [0.15, 0.2) is 0 Å². The van der Waals surface area contributed by atoms with Crippen LogP contribution in [-0.2, 0) is 4.79 Å². The minimum Gasteiger partial charge on any atom is -0.480 e. The standard InChI is InChI=1S/C8H9F7N2O3/c9-5(10)7(11,12)2-16-6(20)17(1-4(18)19)3-8(13,14)15/h5H,1-3H2,(H,16,20)(H,18,19). The minimum absolute atomic E-state index is 0.343. The maximum absolute atomic E-state index is 12.4. The molecule has 2 N–H and O–H groups in total. The lowest BCUT2D eigenvalue weighted by Gasteiger charge is -2.24. The van der Waals surface area contributed by atoms with Crippen LogP contribution in [0.4, 0.5) is 35.5 Å². The first-order valence-corrected chi connectivity index (χ1v) is 4.82. The van der Waals surface area contributed by atoms with Crippen LogP contribution in [0, 0.1) is 0 Å². The van der Waals surface area contributed by atoms with Crippen LogP contribution in [0.2, 0.25) is 0 Å². The number of amides is 2. The Labute approximate surface area is 107 Å². The minimum atomic E-state index is -4.97. The van der Waals surface area contributed by atoms with Crippen LogP contribution in [0.1, 0.15) is 0 Å². The summed E-state index contributed by atoms with van der Waals surface area (Å²) < 4.78 is 84.5. The van der Waals surface area contributed by atoms with Crippen LogP contribution in [0.15, 0.2) is 0 Å². The van der Waals surface area contributed by atoms with Crippen molar-refractivity contribution in [3.05, 3.63) is 0 Å². The first-order chi connectivity index (χ1) is 8.85. The van der Waals surface area contributed by atoms with Crippen LogP contribution in [0.5, 0.6) is 0 Å². The Kier molecular flexibility index (Phi) is 6.03. The number of alkyl halides is 7. The molecular formula is C8H9F7N2O3. The first kappa shape index (κ1) is 18.2. The summed E-state index contributed by atoms with van der Waals surface area (Å²) >= 11 is 0. The van der Waals surface area contributed by atoms with Crippen molar-refractivity contribution in [2.75, 3.05) is 19.6 Å². The number of urea groups is 1. The fraction of sp³-hybridized carbons (Fsp3) is 0.750. The molecule has 0 aliphatic carbocycles. The van der Waals surface area contributed by atoms with E-state index in [0.717, 1.165) is 5.32 Å². The number of carboxylic acids is 1. The SMILES string of the molecule is O=C(O)CN(CC(F)(F)F)C(=O)NCC(F)(F)C(F)F. The molecule has 0 fully saturated rings. The molecule has 20 heavy (non-hydrogen) atoms. The van der Waals surface area contributed by atoms with E-state index in [-0.39, 0.29) is 4.90 Å².